The zero-order valence-corrected chi connectivity index (χ0v) is 12.1. The van der Waals surface area contributed by atoms with Crippen LogP contribution < -0.4 is 10.6 Å². The third kappa shape index (κ3) is 5.33. The fourth-order valence-electron chi connectivity index (χ4n) is 1.63. The predicted molar refractivity (Wildman–Crippen MR) is 73.4 cm³/mol. The van der Waals surface area contributed by atoms with Crippen molar-refractivity contribution in [2.45, 2.75) is 46.7 Å². The molecule has 0 saturated carbocycles. The molecule has 1 aromatic rings. The SMILES string of the molecule is Cc1cc(CNCC(=O)NC(C)(C)C)c(C)s1. The van der Waals surface area contributed by atoms with Crippen LogP contribution in [-0.4, -0.2) is 18.0 Å². The van der Waals surface area contributed by atoms with Gasteiger partial charge in [0, 0.05) is 21.8 Å². The molecule has 17 heavy (non-hydrogen) atoms. The highest BCUT2D eigenvalue weighted by Gasteiger charge is 2.13. The number of carbonyl (C=O) groups excluding carboxylic acids is 1. The Hall–Kier alpha value is -0.870. The van der Waals surface area contributed by atoms with Crippen molar-refractivity contribution in [3.63, 3.8) is 0 Å². The molecular formula is C13H22N2OS. The molecule has 1 rings (SSSR count). The number of aryl methyl sites for hydroxylation is 2. The van der Waals surface area contributed by atoms with Gasteiger partial charge in [-0.25, -0.2) is 0 Å². The molecule has 1 aromatic heterocycles. The molecule has 0 aliphatic carbocycles. The van der Waals surface area contributed by atoms with Crippen LogP contribution in [0.2, 0.25) is 0 Å². The van der Waals surface area contributed by atoms with Gasteiger partial charge in [-0.05, 0) is 46.2 Å². The lowest BCUT2D eigenvalue weighted by atomic mass is 10.1. The van der Waals surface area contributed by atoms with Gasteiger partial charge in [-0.1, -0.05) is 0 Å². The van der Waals surface area contributed by atoms with Crippen LogP contribution in [0.5, 0.6) is 0 Å². The van der Waals surface area contributed by atoms with Crippen molar-refractivity contribution < 1.29 is 4.79 Å². The number of rotatable bonds is 4. The molecule has 0 spiro atoms. The molecule has 3 nitrogen and oxygen atoms in total. The highest BCUT2D eigenvalue weighted by molar-refractivity contribution is 7.12. The van der Waals surface area contributed by atoms with Crippen molar-refractivity contribution in [3.05, 3.63) is 21.4 Å². The van der Waals surface area contributed by atoms with Crippen LogP contribution >= 0.6 is 11.3 Å². The average Bonchev–Trinajstić information content (AvgIpc) is 2.42. The van der Waals surface area contributed by atoms with Gasteiger partial charge in [-0.2, -0.15) is 0 Å². The van der Waals surface area contributed by atoms with Gasteiger partial charge < -0.3 is 10.6 Å². The van der Waals surface area contributed by atoms with Crippen molar-refractivity contribution in [2.24, 2.45) is 0 Å². The molecule has 1 heterocycles. The van der Waals surface area contributed by atoms with E-state index in [1.165, 1.54) is 15.3 Å². The van der Waals surface area contributed by atoms with E-state index in [-0.39, 0.29) is 11.4 Å². The lowest BCUT2D eigenvalue weighted by Crippen LogP contribution is -2.44. The Kier molecular flexibility index (Phi) is 4.71. The summed E-state index contributed by atoms with van der Waals surface area (Å²) in [5, 5.41) is 6.10. The molecule has 1 amide bonds. The van der Waals surface area contributed by atoms with E-state index in [9.17, 15) is 4.79 Å². The zero-order chi connectivity index (χ0) is 13.1. The Balaban J connectivity index is 2.33. The maximum absolute atomic E-state index is 11.6. The van der Waals surface area contributed by atoms with Crippen LogP contribution in [0.1, 0.15) is 36.1 Å². The maximum atomic E-state index is 11.6. The first-order valence-electron chi connectivity index (χ1n) is 5.85. The average molecular weight is 254 g/mol. The topological polar surface area (TPSA) is 41.1 Å². The number of nitrogens with one attached hydrogen (secondary N) is 2. The summed E-state index contributed by atoms with van der Waals surface area (Å²) in [6.45, 7) is 11.3. The molecule has 0 aromatic carbocycles. The molecule has 0 aliphatic heterocycles. The largest absolute Gasteiger partial charge is 0.350 e. The van der Waals surface area contributed by atoms with Crippen molar-refractivity contribution in [1.29, 1.82) is 0 Å². The van der Waals surface area contributed by atoms with Crippen LogP contribution in [0.15, 0.2) is 6.07 Å². The van der Waals surface area contributed by atoms with E-state index in [1.807, 2.05) is 20.8 Å². The Morgan fingerprint density at radius 3 is 2.47 bits per heavy atom. The second kappa shape index (κ2) is 5.65. The van der Waals surface area contributed by atoms with Crippen molar-refractivity contribution >= 4 is 17.2 Å². The number of carbonyl (C=O) groups is 1. The maximum Gasteiger partial charge on any atom is 0.234 e. The highest BCUT2D eigenvalue weighted by Crippen LogP contribution is 2.19. The Morgan fingerprint density at radius 2 is 2.00 bits per heavy atom. The quantitative estimate of drug-likeness (QED) is 0.866. The zero-order valence-electron chi connectivity index (χ0n) is 11.3. The normalized spacial score (nSPS) is 11.6. The number of hydrogen-bond acceptors (Lipinski definition) is 3. The minimum absolute atomic E-state index is 0.0436. The second-order valence-corrected chi connectivity index (χ2v) is 6.80. The Morgan fingerprint density at radius 1 is 1.35 bits per heavy atom. The molecule has 0 atom stereocenters. The van der Waals surface area contributed by atoms with Gasteiger partial charge in [0.1, 0.15) is 0 Å². The Bertz CT molecular complexity index is 391. The smallest absolute Gasteiger partial charge is 0.234 e. The molecule has 0 aliphatic rings. The van der Waals surface area contributed by atoms with Gasteiger partial charge in [0.2, 0.25) is 5.91 Å². The molecule has 0 bridgehead atoms. The predicted octanol–water partition coefficient (Wildman–Crippen LogP) is 2.37. The van der Waals surface area contributed by atoms with Crippen molar-refractivity contribution in [1.82, 2.24) is 10.6 Å². The van der Waals surface area contributed by atoms with Crippen LogP contribution in [0.4, 0.5) is 0 Å². The first-order chi connectivity index (χ1) is 7.78. The third-order valence-corrected chi connectivity index (χ3v) is 3.27. The van der Waals surface area contributed by atoms with Gasteiger partial charge in [0.15, 0.2) is 0 Å². The van der Waals surface area contributed by atoms with Gasteiger partial charge >= 0.3 is 0 Å². The fourth-order valence-corrected chi connectivity index (χ4v) is 2.58. The molecule has 0 saturated heterocycles. The monoisotopic (exact) mass is 254 g/mol. The van der Waals surface area contributed by atoms with Crippen LogP contribution in [-0.2, 0) is 11.3 Å². The number of hydrogen-bond donors (Lipinski definition) is 2. The van der Waals surface area contributed by atoms with Crippen molar-refractivity contribution in [3.8, 4) is 0 Å². The minimum atomic E-state index is -0.159. The van der Waals surface area contributed by atoms with Crippen molar-refractivity contribution in [2.75, 3.05) is 6.54 Å². The molecule has 0 radical (unpaired) electrons. The van der Waals surface area contributed by atoms with Gasteiger partial charge in [0.05, 0.1) is 6.54 Å². The first kappa shape index (κ1) is 14.2. The van der Waals surface area contributed by atoms with E-state index in [2.05, 4.69) is 30.5 Å². The summed E-state index contributed by atoms with van der Waals surface area (Å²) in [5.74, 6) is 0.0436. The molecular weight excluding hydrogens is 232 g/mol. The summed E-state index contributed by atoms with van der Waals surface area (Å²) in [5.41, 5.74) is 1.13. The summed E-state index contributed by atoms with van der Waals surface area (Å²) < 4.78 is 0. The molecule has 4 heteroatoms. The third-order valence-electron chi connectivity index (χ3n) is 2.26. The molecule has 2 N–H and O–H groups in total. The summed E-state index contributed by atoms with van der Waals surface area (Å²) in [4.78, 5) is 14.2. The summed E-state index contributed by atoms with van der Waals surface area (Å²) in [6.07, 6.45) is 0. The van der Waals surface area contributed by atoms with E-state index in [0.29, 0.717) is 6.54 Å². The second-order valence-electron chi connectivity index (χ2n) is 5.34. The summed E-state index contributed by atoms with van der Waals surface area (Å²) in [7, 11) is 0. The highest BCUT2D eigenvalue weighted by atomic mass is 32.1. The summed E-state index contributed by atoms with van der Waals surface area (Å²) in [6, 6.07) is 2.18. The number of thiophene rings is 1. The van der Waals surface area contributed by atoms with E-state index >= 15 is 0 Å². The van der Waals surface area contributed by atoms with E-state index in [4.69, 9.17) is 0 Å². The fraction of sp³-hybridized carbons (Fsp3) is 0.615. The van der Waals surface area contributed by atoms with Crippen LogP contribution in [0, 0.1) is 13.8 Å². The Labute approximate surface area is 108 Å². The molecule has 0 fully saturated rings. The number of amides is 1. The van der Waals surface area contributed by atoms with E-state index in [1.54, 1.807) is 11.3 Å². The van der Waals surface area contributed by atoms with Gasteiger partial charge in [-0.15, -0.1) is 11.3 Å². The molecule has 96 valence electrons. The molecule has 0 unspecified atom stereocenters. The van der Waals surface area contributed by atoms with E-state index in [0.717, 1.165) is 6.54 Å². The van der Waals surface area contributed by atoms with Crippen LogP contribution in [0.3, 0.4) is 0 Å². The minimum Gasteiger partial charge on any atom is -0.350 e. The van der Waals surface area contributed by atoms with Crippen LogP contribution in [0.25, 0.3) is 0 Å². The standard InChI is InChI=1S/C13H22N2OS/c1-9-6-11(10(2)17-9)7-14-8-12(16)15-13(3,4)5/h6,14H,7-8H2,1-5H3,(H,15,16). The van der Waals surface area contributed by atoms with E-state index < -0.39 is 0 Å². The lowest BCUT2D eigenvalue weighted by Gasteiger charge is -2.20. The van der Waals surface area contributed by atoms with Gasteiger partial charge in [-0.3, -0.25) is 4.79 Å². The van der Waals surface area contributed by atoms with Gasteiger partial charge in [0.25, 0.3) is 0 Å². The first-order valence-corrected chi connectivity index (χ1v) is 6.67. The summed E-state index contributed by atoms with van der Waals surface area (Å²) >= 11 is 1.80. The lowest BCUT2D eigenvalue weighted by molar-refractivity contribution is -0.121.